The zero-order valence-electron chi connectivity index (χ0n) is 7.20. The average Bonchev–Trinajstić information content (AvgIpc) is 2.05. The lowest BCUT2D eigenvalue weighted by atomic mass is 10.2. The number of hydrogen-bond donors (Lipinski definition) is 0. The largest absolute Gasteiger partial charge is 0.261 e. The first-order chi connectivity index (χ1) is 5.75. The second-order valence-electron chi connectivity index (χ2n) is 3.00. The van der Waals surface area contributed by atoms with Gasteiger partial charge in [0, 0.05) is 34.6 Å². The van der Waals surface area contributed by atoms with Crippen LogP contribution in [-0.2, 0) is 0 Å². The molecular weight excluding hydrogens is 148 g/mol. The highest BCUT2D eigenvalue weighted by Gasteiger charge is 1.94. The van der Waals surface area contributed by atoms with Gasteiger partial charge in [0.05, 0.1) is 0 Å². The Morgan fingerprint density at radius 3 is 1.67 bits per heavy atom. The quantitative estimate of drug-likeness (QED) is 0.587. The normalized spacial score (nSPS) is 10.5. The third-order valence-corrected chi connectivity index (χ3v) is 1.88. The molecule has 0 aliphatic heterocycles. The fraction of sp³-hybridized carbons (Fsp3) is 0.200. The summed E-state index contributed by atoms with van der Waals surface area (Å²) in [5.41, 5.74) is 2.07. The number of hydrogen-bond acceptors (Lipinski definition) is 2. The molecular formula is C10H10N2. The van der Waals surface area contributed by atoms with E-state index in [-0.39, 0.29) is 0 Å². The van der Waals surface area contributed by atoms with Gasteiger partial charge >= 0.3 is 0 Å². The monoisotopic (exact) mass is 158 g/mol. The molecule has 60 valence electrons. The molecule has 2 heterocycles. The molecule has 0 spiro atoms. The zero-order chi connectivity index (χ0) is 8.55. The van der Waals surface area contributed by atoms with Crippen molar-refractivity contribution in [2.24, 2.45) is 0 Å². The SMILES string of the molecule is Cc1cc2cnc(C)cc2cn1. The summed E-state index contributed by atoms with van der Waals surface area (Å²) < 4.78 is 0. The van der Waals surface area contributed by atoms with E-state index in [9.17, 15) is 0 Å². The summed E-state index contributed by atoms with van der Waals surface area (Å²) >= 11 is 0. The molecule has 0 amide bonds. The van der Waals surface area contributed by atoms with E-state index in [4.69, 9.17) is 0 Å². The van der Waals surface area contributed by atoms with Gasteiger partial charge in [-0.25, -0.2) is 0 Å². The number of pyridine rings is 2. The van der Waals surface area contributed by atoms with Crippen molar-refractivity contribution >= 4 is 10.8 Å². The van der Waals surface area contributed by atoms with Crippen molar-refractivity contribution < 1.29 is 0 Å². The summed E-state index contributed by atoms with van der Waals surface area (Å²) in [5.74, 6) is 0. The molecule has 0 saturated heterocycles. The van der Waals surface area contributed by atoms with Gasteiger partial charge in [-0.3, -0.25) is 9.97 Å². The molecule has 2 nitrogen and oxygen atoms in total. The first-order valence-electron chi connectivity index (χ1n) is 3.95. The van der Waals surface area contributed by atoms with Crippen LogP contribution in [0, 0.1) is 13.8 Å². The van der Waals surface area contributed by atoms with Gasteiger partial charge in [-0.15, -0.1) is 0 Å². The van der Waals surface area contributed by atoms with Gasteiger partial charge in [-0.2, -0.15) is 0 Å². The van der Waals surface area contributed by atoms with Crippen LogP contribution in [0.4, 0.5) is 0 Å². The molecule has 0 bridgehead atoms. The van der Waals surface area contributed by atoms with Crippen LogP contribution in [-0.4, -0.2) is 9.97 Å². The van der Waals surface area contributed by atoms with Gasteiger partial charge in [-0.1, -0.05) is 0 Å². The van der Waals surface area contributed by atoms with Gasteiger partial charge < -0.3 is 0 Å². The molecule has 2 aromatic rings. The molecule has 2 rings (SSSR count). The van der Waals surface area contributed by atoms with E-state index in [1.807, 2.05) is 38.4 Å². The lowest BCUT2D eigenvalue weighted by Gasteiger charge is -1.98. The van der Waals surface area contributed by atoms with Crippen LogP contribution in [0.25, 0.3) is 10.8 Å². The number of nitrogens with zero attached hydrogens (tertiary/aromatic N) is 2. The molecule has 0 fully saturated rings. The van der Waals surface area contributed by atoms with Crippen LogP contribution < -0.4 is 0 Å². The van der Waals surface area contributed by atoms with Crippen molar-refractivity contribution in [3.05, 3.63) is 35.9 Å². The highest BCUT2D eigenvalue weighted by Crippen LogP contribution is 2.12. The molecule has 0 radical (unpaired) electrons. The standard InChI is InChI=1S/C10H10N2/c1-7-3-9-6-12-8(2)4-10(9)5-11-7/h3-6H,1-2H3. The van der Waals surface area contributed by atoms with Gasteiger partial charge in [-0.05, 0) is 26.0 Å². The summed E-state index contributed by atoms with van der Waals surface area (Å²) in [6.45, 7) is 3.97. The molecule has 0 saturated carbocycles. The summed E-state index contributed by atoms with van der Waals surface area (Å²) in [4.78, 5) is 8.44. The van der Waals surface area contributed by atoms with Crippen LogP contribution in [0.1, 0.15) is 11.4 Å². The van der Waals surface area contributed by atoms with E-state index in [1.54, 1.807) is 0 Å². The molecule has 0 aromatic carbocycles. The van der Waals surface area contributed by atoms with E-state index in [2.05, 4.69) is 9.97 Å². The van der Waals surface area contributed by atoms with E-state index >= 15 is 0 Å². The summed E-state index contributed by atoms with van der Waals surface area (Å²) in [7, 11) is 0. The lowest BCUT2D eigenvalue weighted by molar-refractivity contribution is 1.19. The predicted octanol–water partition coefficient (Wildman–Crippen LogP) is 2.25. The highest BCUT2D eigenvalue weighted by molar-refractivity contribution is 5.81. The number of rotatable bonds is 0. The highest BCUT2D eigenvalue weighted by atomic mass is 14.7. The lowest BCUT2D eigenvalue weighted by Crippen LogP contribution is -1.84. The predicted molar refractivity (Wildman–Crippen MR) is 49.0 cm³/mol. The van der Waals surface area contributed by atoms with E-state index in [0.717, 1.165) is 22.2 Å². The Bertz CT molecular complexity index is 380. The molecule has 12 heavy (non-hydrogen) atoms. The van der Waals surface area contributed by atoms with E-state index in [1.165, 1.54) is 0 Å². The molecule has 0 N–H and O–H groups in total. The topological polar surface area (TPSA) is 25.8 Å². The second-order valence-corrected chi connectivity index (χ2v) is 3.00. The molecule has 2 aromatic heterocycles. The van der Waals surface area contributed by atoms with Crippen LogP contribution in [0.2, 0.25) is 0 Å². The average molecular weight is 158 g/mol. The van der Waals surface area contributed by atoms with Crippen molar-refractivity contribution in [1.29, 1.82) is 0 Å². The Morgan fingerprint density at radius 2 is 1.25 bits per heavy atom. The maximum absolute atomic E-state index is 4.22. The number of aromatic nitrogens is 2. The van der Waals surface area contributed by atoms with Gasteiger partial charge in [0.1, 0.15) is 0 Å². The summed E-state index contributed by atoms with van der Waals surface area (Å²) in [5, 5.41) is 2.32. The molecule has 0 unspecified atom stereocenters. The van der Waals surface area contributed by atoms with Crippen LogP contribution in [0.15, 0.2) is 24.5 Å². The minimum Gasteiger partial charge on any atom is -0.261 e. The third kappa shape index (κ3) is 1.16. The van der Waals surface area contributed by atoms with Crippen molar-refractivity contribution in [1.82, 2.24) is 9.97 Å². The minimum absolute atomic E-state index is 1.04. The summed E-state index contributed by atoms with van der Waals surface area (Å²) in [6.07, 6.45) is 3.78. The second kappa shape index (κ2) is 2.55. The van der Waals surface area contributed by atoms with E-state index < -0.39 is 0 Å². The van der Waals surface area contributed by atoms with Crippen LogP contribution in [0.3, 0.4) is 0 Å². The number of aryl methyl sites for hydroxylation is 2. The van der Waals surface area contributed by atoms with Crippen molar-refractivity contribution in [2.45, 2.75) is 13.8 Å². The van der Waals surface area contributed by atoms with E-state index in [0.29, 0.717) is 0 Å². The maximum Gasteiger partial charge on any atom is 0.0379 e. The van der Waals surface area contributed by atoms with Crippen LogP contribution in [0.5, 0.6) is 0 Å². The fourth-order valence-electron chi connectivity index (χ4n) is 1.26. The molecule has 0 atom stereocenters. The third-order valence-electron chi connectivity index (χ3n) is 1.88. The first-order valence-corrected chi connectivity index (χ1v) is 3.95. The Labute approximate surface area is 71.3 Å². The van der Waals surface area contributed by atoms with Crippen molar-refractivity contribution in [3.8, 4) is 0 Å². The smallest absolute Gasteiger partial charge is 0.0379 e. The Hall–Kier alpha value is -1.44. The molecule has 2 heteroatoms. The van der Waals surface area contributed by atoms with Gasteiger partial charge in [0.2, 0.25) is 0 Å². The minimum atomic E-state index is 1.04. The fourth-order valence-corrected chi connectivity index (χ4v) is 1.26. The van der Waals surface area contributed by atoms with Crippen LogP contribution >= 0.6 is 0 Å². The number of fused-ring (bicyclic) bond motifs is 1. The zero-order valence-corrected chi connectivity index (χ0v) is 7.20. The van der Waals surface area contributed by atoms with Gasteiger partial charge in [0.25, 0.3) is 0 Å². The summed E-state index contributed by atoms with van der Waals surface area (Å²) in [6, 6.07) is 4.09. The first kappa shape index (κ1) is 7.22. The molecule has 0 aliphatic rings. The molecule has 0 aliphatic carbocycles. The Balaban J connectivity index is 2.79. The maximum atomic E-state index is 4.22. The Kier molecular flexibility index (Phi) is 1.54. The van der Waals surface area contributed by atoms with Crippen molar-refractivity contribution in [2.75, 3.05) is 0 Å². The van der Waals surface area contributed by atoms with Gasteiger partial charge in [0.15, 0.2) is 0 Å². The Morgan fingerprint density at radius 1 is 0.833 bits per heavy atom. The van der Waals surface area contributed by atoms with Crippen molar-refractivity contribution in [3.63, 3.8) is 0 Å².